The predicted molar refractivity (Wildman–Crippen MR) is 77.6 cm³/mol. The van der Waals surface area contributed by atoms with Gasteiger partial charge in [0.1, 0.15) is 0 Å². The minimum atomic E-state index is -7.01. The third kappa shape index (κ3) is 4.04. The first-order chi connectivity index (χ1) is 10.9. The molecule has 0 fully saturated rings. The molecule has 0 N–H and O–H groups in total. The Labute approximate surface area is 146 Å². The van der Waals surface area contributed by atoms with Crippen LogP contribution in [0.1, 0.15) is 41.5 Å². The summed E-state index contributed by atoms with van der Waals surface area (Å²) in [5.74, 6) is -10.4. The maximum Gasteiger partial charge on any atom is 0.461 e. The van der Waals surface area contributed by atoms with Crippen LogP contribution in [0.2, 0.25) is 0 Å². The number of sulfone groups is 1. The van der Waals surface area contributed by atoms with E-state index in [1.807, 2.05) is 0 Å². The summed E-state index contributed by atoms with van der Waals surface area (Å²) in [4.78, 5) is 24.5. The molecule has 0 radical (unpaired) electrons. The van der Waals surface area contributed by atoms with E-state index in [0.29, 0.717) is 0 Å². The van der Waals surface area contributed by atoms with E-state index >= 15 is 0 Å². The zero-order chi connectivity index (χ0) is 21.7. The Bertz CT molecular complexity index is 654. The van der Waals surface area contributed by atoms with Crippen molar-refractivity contribution in [2.75, 3.05) is 0 Å². The third-order valence-corrected chi connectivity index (χ3v) is 5.36. The highest BCUT2D eigenvalue weighted by molar-refractivity contribution is 7.94. The maximum atomic E-state index is 13.9. The van der Waals surface area contributed by atoms with Crippen molar-refractivity contribution in [3.05, 3.63) is 0 Å². The molecule has 0 amide bonds. The molecule has 0 aromatic carbocycles. The van der Waals surface area contributed by atoms with Gasteiger partial charge in [0.2, 0.25) is 9.84 Å². The molecule has 154 valence electrons. The summed E-state index contributed by atoms with van der Waals surface area (Å²) in [6.45, 7) is 6.05. The second-order valence-electron chi connectivity index (χ2n) is 7.74. The molecule has 0 unspecified atom stereocenters. The van der Waals surface area contributed by atoms with Crippen molar-refractivity contribution in [3.8, 4) is 0 Å². The fraction of sp³-hybridized carbons (Fsp3) is 0.857. The van der Waals surface area contributed by atoms with E-state index in [0.717, 1.165) is 41.5 Å². The van der Waals surface area contributed by atoms with E-state index in [2.05, 4.69) is 0 Å². The summed E-state index contributed by atoms with van der Waals surface area (Å²) in [5, 5.41) is -10.1. The van der Waals surface area contributed by atoms with Crippen LogP contribution in [-0.4, -0.2) is 42.6 Å². The van der Waals surface area contributed by atoms with Crippen LogP contribution in [0.15, 0.2) is 0 Å². The van der Waals surface area contributed by atoms with Crippen LogP contribution in [0.3, 0.4) is 0 Å². The quantitative estimate of drug-likeness (QED) is 0.505. The van der Waals surface area contributed by atoms with E-state index in [4.69, 9.17) is 0 Å². The molecule has 0 atom stereocenters. The van der Waals surface area contributed by atoms with Gasteiger partial charge in [0.25, 0.3) is 0 Å². The molecule has 0 aliphatic carbocycles. The fourth-order valence-corrected chi connectivity index (χ4v) is 3.72. The van der Waals surface area contributed by atoms with Gasteiger partial charge in [-0.25, -0.2) is 8.42 Å². The molecule has 0 aliphatic heterocycles. The Hall–Kier alpha value is -1.20. The van der Waals surface area contributed by atoms with Crippen molar-refractivity contribution in [2.45, 2.75) is 64.1 Å². The third-order valence-electron chi connectivity index (χ3n) is 3.34. The van der Waals surface area contributed by atoms with Crippen molar-refractivity contribution in [3.63, 3.8) is 0 Å². The Balaban J connectivity index is 6.79. The highest BCUT2D eigenvalue weighted by atomic mass is 32.2. The van der Waals surface area contributed by atoms with Gasteiger partial charge in [-0.3, -0.25) is 9.59 Å². The smallest absolute Gasteiger partial charge is 0.297 e. The summed E-state index contributed by atoms with van der Waals surface area (Å²) >= 11 is 0. The number of hydrogen-bond donors (Lipinski definition) is 0. The second kappa shape index (κ2) is 6.45. The monoisotopic (exact) mass is 416 g/mol. The summed E-state index contributed by atoms with van der Waals surface area (Å²) < 4.78 is 115. The van der Waals surface area contributed by atoms with Gasteiger partial charge in [-0.1, -0.05) is 41.5 Å². The predicted octanol–water partition coefficient (Wildman–Crippen LogP) is 3.79. The standard InChI is InChI=1S/C14H19F7O4S/c1-10(2,3)8(22)7(9(23)11(4,5)6)26(24,25)14(20,21)12(15,16)13(17,18)19/h7H,1-6H3. The Morgan fingerprint density at radius 3 is 1.15 bits per heavy atom. The minimum Gasteiger partial charge on any atom is -0.297 e. The molecular weight excluding hydrogens is 397 g/mol. The van der Waals surface area contributed by atoms with Gasteiger partial charge in [-0.05, 0) is 0 Å². The van der Waals surface area contributed by atoms with Crippen LogP contribution < -0.4 is 0 Å². The molecule has 0 bridgehead atoms. The van der Waals surface area contributed by atoms with Gasteiger partial charge in [-0.15, -0.1) is 0 Å². The number of carbonyl (C=O) groups excluding carboxylic acids is 2. The van der Waals surface area contributed by atoms with E-state index < -0.39 is 54.8 Å². The topological polar surface area (TPSA) is 68.3 Å². The number of rotatable bonds is 5. The molecule has 0 rings (SSSR count). The molecule has 0 spiro atoms. The van der Waals surface area contributed by atoms with E-state index in [1.54, 1.807) is 0 Å². The average Bonchev–Trinajstić information content (AvgIpc) is 2.34. The normalized spacial score (nSPS) is 15.3. The maximum absolute atomic E-state index is 13.9. The second-order valence-corrected chi connectivity index (χ2v) is 9.82. The highest BCUT2D eigenvalue weighted by Crippen LogP contribution is 2.51. The van der Waals surface area contributed by atoms with E-state index in [1.165, 1.54) is 0 Å². The van der Waals surface area contributed by atoms with Crippen LogP contribution in [0, 0.1) is 10.8 Å². The first-order valence-electron chi connectivity index (χ1n) is 7.08. The summed E-state index contributed by atoms with van der Waals surface area (Å²) in [5.41, 5.74) is -3.58. The zero-order valence-corrected chi connectivity index (χ0v) is 15.6. The molecule has 0 saturated carbocycles. The van der Waals surface area contributed by atoms with Crippen LogP contribution in [-0.2, 0) is 19.4 Å². The fourth-order valence-electron chi connectivity index (χ4n) is 1.68. The van der Waals surface area contributed by atoms with Crippen LogP contribution in [0.5, 0.6) is 0 Å². The van der Waals surface area contributed by atoms with Gasteiger partial charge in [0.15, 0.2) is 16.8 Å². The number of carbonyl (C=O) groups is 2. The molecule has 0 saturated heterocycles. The molecule has 12 heteroatoms. The van der Waals surface area contributed by atoms with Gasteiger partial charge in [0, 0.05) is 10.8 Å². The SMILES string of the molecule is CC(C)(C)C(=O)C(C(=O)C(C)(C)C)S(=O)(=O)C(F)(F)C(F)(F)C(F)(F)F. The molecule has 4 nitrogen and oxygen atoms in total. The summed E-state index contributed by atoms with van der Waals surface area (Å²) in [7, 11) is -6.91. The molecule has 0 aliphatic rings. The molecular formula is C14H19F7O4S. The van der Waals surface area contributed by atoms with Gasteiger partial charge >= 0.3 is 17.4 Å². The lowest BCUT2D eigenvalue weighted by Crippen LogP contribution is -2.62. The van der Waals surface area contributed by atoms with Gasteiger partial charge < -0.3 is 0 Å². The zero-order valence-electron chi connectivity index (χ0n) is 14.8. The number of ketones is 2. The summed E-state index contributed by atoms with van der Waals surface area (Å²) in [6.07, 6.45) is -6.93. The Kier molecular flexibility index (Phi) is 6.15. The van der Waals surface area contributed by atoms with Crippen LogP contribution in [0.4, 0.5) is 30.7 Å². The lowest BCUT2D eigenvalue weighted by Gasteiger charge is -2.33. The van der Waals surface area contributed by atoms with E-state index in [-0.39, 0.29) is 0 Å². The van der Waals surface area contributed by atoms with Gasteiger partial charge in [0.05, 0.1) is 0 Å². The van der Waals surface area contributed by atoms with Crippen molar-refractivity contribution in [1.82, 2.24) is 0 Å². The van der Waals surface area contributed by atoms with Crippen molar-refractivity contribution >= 4 is 21.4 Å². The molecule has 0 aromatic heterocycles. The van der Waals surface area contributed by atoms with Crippen molar-refractivity contribution < 1.29 is 48.7 Å². The first-order valence-corrected chi connectivity index (χ1v) is 8.63. The van der Waals surface area contributed by atoms with Crippen LogP contribution in [0.25, 0.3) is 0 Å². The van der Waals surface area contributed by atoms with Crippen molar-refractivity contribution in [1.29, 1.82) is 0 Å². The lowest BCUT2D eigenvalue weighted by molar-refractivity contribution is -0.332. The number of Topliss-reactive ketones (excluding diaryl/α,β-unsaturated/α-hetero) is 2. The number of halogens is 7. The molecule has 0 heterocycles. The molecule has 0 aromatic rings. The van der Waals surface area contributed by atoms with Crippen LogP contribution >= 0.6 is 0 Å². The number of alkyl halides is 7. The largest absolute Gasteiger partial charge is 0.461 e. The van der Waals surface area contributed by atoms with Crippen molar-refractivity contribution in [2.24, 2.45) is 10.8 Å². The summed E-state index contributed by atoms with van der Waals surface area (Å²) in [6, 6.07) is 0. The minimum absolute atomic E-state index is 1.01. The highest BCUT2D eigenvalue weighted by Gasteiger charge is 2.80. The molecule has 26 heavy (non-hydrogen) atoms. The first kappa shape index (κ1) is 24.8. The van der Waals surface area contributed by atoms with E-state index in [9.17, 15) is 48.7 Å². The average molecular weight is 416 g/mol. The number of hydrogen-bond acceptors (Lipinski definition) is 4. The van der Waals surface area contributed by atoms with Gasteiger partial charge in [-0.2, -0.15) is 30.7 Å². The Morgan fingerprint density at radius 1 is 0.692 bits per heavy atom. The Morgan fingerprint density at radius 2 is 0.962 bits per heavy atom. The lowest BCUT2D eigenvalue weighted by atomic mass is 9.81.